The largest absolute Gasteiger partial charge is 0.493 e. The number of amidine groups is 1. The molecule has 10 heteroatoms. The van der Waals surface area contributed by atoms with Crippen molar-refractivity contribution in [2.75, 3.05) is 20.3 Å². The predicted octanol–water partition coefficient (Wildman–Crippen LogP) is 6.88. The van der Waals surface area contributed by atoms with Crippen molar-refractivity contribution in [3.05, 3.63) is 57.4 Å². The summed E-state index contributed by atoms with van der Waals surface area (Å²) in [5.74, 6) is 0.941. The fraction of sp³-hybridized carbons (Fsp3) is 0.407. The van der Waals surface area contributed by atoms with Crippen molar-refractivity contribution >= 4 is 54.9 Å². The summed E-state index contributed by atoms with van der Waals surface area (Å²) in [5.41, 5.74) is 0.743. The molecule has 1 saturated heterocycles. The van der Waals surface area contributed by atoms with Gasteiger partial charge in [0.15, 0.2) is 16.7 Å². The molecule has 0 radical (unpaired) electrons. The highest BCUT2D eigenvalue weighted by molar-refractivity contribution is 9.10. The highest BCUT2D eigenvalue weighted by atomic mass is 79.9. The monoisotopic (exact) mass is 608 g/mol. The van der Waals surface area contributed by atoms with Gasteiger partial charge < -0.3 is 9.47 Å². The Morgan fingerprint density at radius 3 is 2.38 bits per heavy atom. The van der Waals surface area contributed by atoms with Gasteiger partial charge in [-0.3, -0.25) is 9.69 Å². The van der Waals surface area contributed by atoms with Crippen LogP contribution in [-0.2, 0) is 14.8 Å². The third-order valence-corrected chi connectivity index (χ3v) is 8.69. The fourth-order valence-electron chi connectivity index (χ4n) is 3.73. The van der Waals surface area contributed by atoms with E-state index in [9.17, 15) is 13.2 Å². The maximum absolute atomic E-state index is 13.0. The van der Waals surface area contributed by atoms with Crippen LogP contribution < -0.4 is 9.47 Å². The molecule has 0 N–H and O–H groups in total. The summed E-state index contributed by atoms with van der Waals surface area (Å²) in [6.07, 6.45) is 8.83. The average Bonchev–Trinajstić information content (AvgIpc) is 3.16. The number of amides is 1. The van der Waals surface area contributed by atoms with E-state index in [1.54, 1.807) is 38.3 Å². The van der Waals surface area contributed by atoms with Crippen molar-refractivity contribution in [2.24, 2.45) is 4.40 Å². The molecule has 0 unspecified atom stereocenters. The van der Waals surface area contributed by atoms with Crippen LogP contribution in [-0.4, -0.2) is 44.7 Å². The average molecular weight is 610 g/mol. The maximum Gasteiger partial charge on any atom is 0.284 e. The molecule has 0 spiro atoms. The number of carbonyl (C=O) groups excluding carboxylic acids is 1. The molecule has 0 atom stereocenters. The van der Waals surface area contributed by atoms with Crippen LogP contribution in [0.15, 0.2) is 61.1 Å². The topological polar surface area (TPSA) is 85.3 Å². The quantitative estimate of drug-likeness (QED) is 0.182. The van der Waals surface area contributed by atoms with Crippen molar-refractivity contribution in [3.8, 4) is 11.5 Å². The molecule has 1 aliphatic heterocycles. The molecule has 0 bridgehead atoms. The Bertz CT molecular complexity index is 1240. The molecule has 0 aromatic heterocycles. The molecule has 1 amide bonds. The van der Waals surface area contributed by atoms with E-state index in [0.29, 0.717) is 29.6 Å². The Morgan fingerprint density at radius 2 is 1.70 bits per heavy atom. The van der Waals surface area contributed by atoms with Crippen LogP contribution in [0.5, 0.6) is 11.5 Å². The summed E-state index contributed by atoms with van der Waals surface area (Å²) < 4.78 is 41.8. The first-order valence-corrected chi connectivity index (χ1v) is 15.5. The van der Waals surface area contributed by atoms with E-state index in [0.717, 1.165) is 34.6 Å². The van der Waals surface area contributed by atoms with Crippen LogP contribution in [0, 0.1) is 0 Å². The van der Waals surface area contributed by atoms with E-state index in [1.807, 2.05) is 12.1 Å². The van der Waals surface area contributed by atoms with Gasteiger partial charge in [-0.25, -0.2) is 0 Å². The normalized spacial score (nSPS) is 16.1. The van der Waals surface area contributed by atoms with Gasteiger partial charge >= 0.3 is 0 Å². The Hall–Kier alpha value is -2.30. The fourth-order valence-corrected chi connectivity index (χ4v) is 6.23. The summed E-state index contributed by atoms with van der Waals surface area (Å²) in [5, 5.41) is 0.132. The van der Waals surface area contributed by atoms with E-state index >= 15 is 0 Å². The summed E-state index contributed by atoms with van der Waals surface area (Å²) in [6, 6.07) is 11.7. The lowest BCUT2D eigenvalue weighted by Crippen LogP contribution is -2.29. The van der Waals surface area contributed by atoms with E-state index in [1.165, 1.54) is 42.7 Å². The molecule has 0 aliphatic carbocycles. The molecule has 200 valence electrons. The molecule has 3 rings (SSSR count). The van der Waals surface area contributed by atoms with E-state index < -0.39 is 10.0 Å². The molecular weight excluding hydrogens is 576 g/mol. The van der Waals surface area contributed by atoms with Gasteiger partial charge in [-0.05, 0) is 73.1 Å². The Kier molecular flexibility index (Phi) is 11.1. The van der Waals surface area contributed by atoms with Gasteiger partial charge in [0, 0.05) is 11.0 Å². The minimum atomic E-state index is -3.97. The summed E-state index contributed by atoms with van der Waals surface area (Å²) in [6.45, 7) is 4.91. The zero-order valence-electron chi connectivity index (χ0n) is 21.4. The van der Waals surface area contributed by atoms with Crippen LogP contribution in [0.3, 0.4) is 0 Å². The van der Waals surface area contributed by atoms with Crippen LogP contribution in [0.25, 0.3) is 6.08 Å². The van der Waals surface area contributed by atoms with Crippen LogP contribution in [0.1, 0.15) is 57.9 Å². The van der Waals surface area contributed by atoms with Gasteiger partial charge in [-0.1, -0.05) is 61.0 Å². The number of benzene rings is 2. The summed E-state index contributed by atoms with van der Waals surface area (Å²) >= 11 is 4.34. The maximum atomic E-state index is 13.0. The van der Waals surface area contributed by atoms with Crippen molar-refractivity contribution in [1.82, 2.24) is 4.90 Å². The second-order valence-electron chi connectivity index (χ2n) is 8.49. The number of hydrogen-bond donors (Lipinski definition) is 0. The number of unbranched alkanes of at least 4 members (excludes halogenated alkanes) is 5. The smallest absolute Gasteiger partial charge is 0.284 e. The van der Waals surface area contributed by atoms with Gasteiger partial charge in [-0.2, -0.15) is 8.42 Å². The number of ether oxygens (including phenoxy) is 2. The molecule has 2 aromatic carbocycles. The Morgan fingerprint density at radius 1 is 1.00 bits per heavy atom. The van der Waals surface area contributed by atoms with Crippen LogP contribution >= 0.6 is 27.7 Å². The highest BCUT2D eigenvalue weighted by Gasteiger charge is 2.34. The van der Waals surface area contributed by atoms with Crippen molar-refractivity contribution in [3.63, 3.8) is 0 Å². The second-order valence-corrected chi connectivity index (χ2v) is 12.0. The van der Waals surface area contributed by atoms with E-state index in [4.69, 9.17) is 9.47 Å². The highest BCUT2D eigenvalue weighted by Crippen LogP contribution is 2.35. The number of likely N-dealkylation sites (N-methyl/N-ethyl adjacent to an activating group) is 1. The predicted molar refractivity (Wildman–Crippen MR) is 154 cm³/mol. The second kappa shape index (κ2) is 14.0. The minimum Gasteiger partial charge on any atom is -0.493 e. The number of carbonyl (C=O) groups is 1. The van der Waals surface area contributed by atoms with Crippen molar-refractivity contribution < 1.29 is 22.7 Å². The standard InChI is InChI=1S/C27H33BrN2O5S2/c1-4-6-7-8-9-10-17-35-23-16-11-20(18-24(23)34-3)19-25-26(31)30(5-2)27(36-25)29-37(32,33)22-14-12-21(28)13-15-22/h11-16,18-19H,4-10,17H2,1-3H3/b25-19-,29-27?. The number of hydrogen-bond acceptors (Lipinski definition) is 6. The van der Waals surface area contributed by atoms with Gasteiger partial charge in [-0.15, -0.1) is 4.40 Å². The van der Waals surface area contributed by atoms with Crippen LogP contribution in [0.4, 0.5) is 0 Å². The molecule has 2 aromatic rings. The number of methoxy groups -OCH3 is 1. The van der Waals surface area contributed by atoms with Gasteiger partial charge in [0.25, 0.3) is 15.9 Å². The molecule has 1 heterocycles. The van der Waals surface area contributed by atoms with Crippen molar-refractivity contribution in [1.29, 1.82) is 0 Å². The first-order chi connectivity index (χ1) is 17.8. The number of nitrogens with zero attached hydrogens (tertiary/aromatic N) is 2. The lowest BCUT2D eigenvalue weighted by molar-refractivity contribution is -0.122. The number of halogens is 1. The first-order valence-electron chi connectivity index (χ1n) is 12.4. The SMILES string of the molecule is CCCCCCCCOc1ccc(/C=C2\SC(=NS(=O)(=O)c3ccc(Br)cc3)N(CC)C2=O)cc1OC. The van der Waals surface area contributed by atoms with Crippen molar-refractivity contribution in [2.45, 2.75) is 57.3 Å². The van der Waals surface area contributed by atoms with Gasteiger partial charge in [0.05, 0.1) is 23.5 Å². The number of thioether (sulfide) groups is 1. The lowest BCUT2D eigenvalue weighted by atomic mass is 10.1. The Balaban J connectivity index is 1.73. The van der Waals surface area contributed by atoms with E-state index in [2.05, 4.69) is 27.3 Å². The van der Waals surface area contributed by atoms with Gasteiger partial charge in [0.2, 0.25) is 0 Å². The van der Waals surface area contributed by atoms with E-state index in [-0.39, 0.29) is 16.0 Å². The molecular formula is C27H33BrN2O5S2. The van der Waals surface area contributed by atoms with Crippen LogP contribution in [0.2, 0.25) is 0 Å². The number of sulfonamides is 1. The summed E-state index contributed by atoms with van der Waals surface area (Å²) in [7, 11) is -2.39. The minimum absolute atomic E-state index is 0.0611. The molecule has 37 heavy (non-hydrogen) atoms. The lowest BCUT2D eigenvalue weighted by Gasteiger charge is -2.12. The third-order valence-electron chi connectivity index (χ3n) is 5.75. The number of rotatable bonds is 13. The molecule has 0 saturated carbocycles. The zero-order chi connectivity index (χ0) is 26.8. The molecule has 7 nitrogen and oxygen atoms in total. The Labute approximate surface area is 232 Å². The molecule has 1 aliphatic rings. The zero-order valence-corrected chi connectivity index (χ0v) is 24.6. The molecule has 1 fully saturated rings. The first kappa shape index (κ1) is 29.3. The summed E-state index contributed by atoms with van der Waals surface area (Å²) in [4.78, 5) is 14.8. The third kappa shape index (κ3) is 8.09. The van der Waals surface area contributed by atoms with Gasteiger partial charge in [0.1, 0.15) is 0 Å².